The van der Waals surface area contributed by atoms with Gasteiger partial charge in [-0.2, -0.15) is 0 Å². The van der Waals surface area contributed by atoms with Gasteiger partial charge in [0.2, 0.25) is 0 Å². The van der Waals surface area contributed by atoms with Gasteiger partial charge in [-0.1, -0.05) is 37.0 Å². The number of aldehydes is 1. The molecule has 0 amide bonds. The smallest absolute Gasteiger partial charge is 0.145 e. The quantitative estimate of drug-likeness (QED) is 0.448. The summed E-state index contributed by atoms with van der Waals surface area (Å²) in [6.07, 6.45) is 7.33. The molecule has 1 saturated heterocycles. The molecule has 0 aliphatic carbocycles. The Morgan fingerprint density at radius 2 is 2.00 bits per heavy atom. The van der Waals surface area contributed by atoms with Gasteiger partial charge >= 0.3 is 0 Å². The van der Waals surface area contributed by atoms with Gasteiger partial charge in [-0.25, -0.2) is 0 Å². The fourth-order valence-corrected chi connectivity index (χ4v) is 7.93. The summed E-state index contributed by atoms with van der Waals surface area (Å²) in [6, 6.07) is 5.66. The second-order valence-corrected chi connectivity index (χ2v) is 9.17. The molecule has 0 atom stereocenters. The van der Waals surface area contributed by atoms with Crippen LogP contribution < -0.4 is 0 Å². The van der Waals surface area contributed by atoms with Crippen LogP contribution in [0.25, 0.3) is 0 Å². The summed E-state index contributed by atoms with van der Waals surface area (Å²) < 4.78 is 0. The molecule has 0 saturated carbocycles. The van der Waals surface area contributed by atoms with Crippen molar-refractivity contribution in [2.75, 3.05) is 0 Å². The summed E-state index contributed by atoms with van der Waals surface area (Å²) in [4.78, 5) is 10.7. The molecule has 0 aromatic heterocycles. The maximum absolute atomic E-state index is 10.7. The van der Waals surface area contributed by atoms with Crippen molar-refractivity contribution in [3.63, 3.8) is 0 Å². The molecule has 0 radical (unpaired) electrons. The number of carbonyl (C=O) groups is 1. The first-order valence-corrected chi connectivity index (χ1v) is 7.82. The lowest BCUT2D eigenvalue weighted by Crippen LogP contribution is -2.32. The molecule has 1 spiro atoms. The molecule has 0 aromatic rings. The van der Waals surface area contributed by atoms with E-state index in [1.165, 1.54) is 43.4 Å². The lowest BCUT2D eigenvalue weighted by Gasteiger charge is -2.29. The largest absolute Gasteiger partial charge is 0.298 e. The van der Waals surface area contributed by atoms with Crippen LogP contribution >= 0.6 is 0 Å². The molecule has 0 aromatic carbocycles. The van der Waals surface area contributed by atoms with E-state index in [9.17, 15) is 4.79 Å². The standard InChI is InChI=1S/C10H16OSi/c11-8-10-4-3-7-12(9-10)5-1-2-6-12/h4,8H,1-3,5-7,9H2. The minimum Gasteiger partial charge on any atom is -0.298 e. The predicted octanol–water partition coefficient (Wildman–Crippen LogP) is 2.76. The van der Waals surface area contributed by atoms with Crippen molar-refractivity contribution in [2.45, 2.75) is 43.4 Å². The Bertz CT molecular complexity index is 214. The van der Waals surface area contributed by atoms with E-state index in [1.54, 1.807) is 0 Å². The van der Waals surface area contributed by atoms with Crippen molar-refractivity contribution in [3.8, 4) is 0 Å². The summed E-state index contributed by atoms with van der Waals surface area (Å²) in [6.45, 7) is 0. The Morgan fingerprint density at radius 3 is 2.67 bits per heavy atom. The number of hydrogen-bond acceptors (Lipinski definition) is 1. The first-order chi connectivity index (χ1) is 5.85. The van der Waals surface area contributed by atoms with E-state index in [0.717, 1.165) is 11.9 Å². The van der Waals surface area contributed by atoms with E-state index in [2.05, 4.69) is 6.08 Å². The van der Waals surface area contributed by atoms with Gasteiger partial charge < -0.3 is 0 Å². The van der Waals surface area contributed by atoms with E-state index in [1.807, 2.05) is 0 Å². The van der Waals surface area contributed by atoms with E-state index >= 15 is 0 Å². The van der Waals surface area contributed by atoms with Crippen LogP contribution in [-0.4, -0.2) is 14.4 Å². The highest BCUT2D eigenvalue weighted by Gasteiger charge is 2.37. The first kappa shape index (κ1) is 8.24. The molecule has 2 aliphatic heterocycles. The molecule has 0 bridgehead atoms. The van der Waals surface area contributed by atoms with Crippen LogP contribution in [0.2, 0.25) is 24.2 Å². The molecule has 12 heavy (non-hydrogen) atoms. The van der Waals surface area contributed by atoms with Gasteiger partial charge in [0.15, 0.2) is 0 Å². The number of allylic oxidation sites excluding steroid dienone is 2. The van der Waals surface area contributed by atoms with Gasteiger partial charge in [-0.15, -0.1) is 0 Å². The summed E-state index contributed by atoms with van der Waals surface area (Å²) >= 11 is 0. The zero-order valence-electron chi connectivity index (χ0n) is 7.51. The molecule has 0 N–H and O–H groups in total. The highest BCUT2D eigenvalue weighted by atomic mass is 28.3. The summed E-state index contributed by atoms with van der Waals surface area (Å²) in [5.41, 5.74) is 1.12. The SMILES string of the molecule is O=CC1=CCC[Si]2(CCCC2)C1. The zero-order chi connectivity index (χ0) is 8.44. The third kappa shape index (κ3) is 1.40. The van der Waals surface area contributed by atoms with Crippen molar-refractivity contribution >= 4 is 14.4 Å². The Morgan fingerprint density at radius 1 is 1.25 bits per heavy atom. The molecular weight excluding hydrogens is 164 g/mol. The van der Waals surface area contributed by atoms with E-state index in [4.69, 9.17) is 0 Å². The normalized spacial score (nSPS) is 27.2. The third-order valence-electron chi connectivity index (χ3n) is 3.48. The number of rotatable bonds is 1. The van der Waals surface area contributed by atoms with E-state index in [-0.39, 0.29) is 0 Å². The molecule has 2 heterocycles. The van der Waals surface area contributed by atoms with Crippen molar-refractivity contribution in [3.05, 3.63) is 11.6 Å². The van der Waals surface area contributed by atoms with Crippen molar-refractivity contribution in [1.29, 1.82) is 0 Å². The van der Waals surface area contributed by atoms with Crippen LogP contribution in [0.3, 0.4) is 0 Å². The van der Waals surface area contributed by atoms with Crippen LogP contribution in [0, 0.1) is 0 Å². The lowest BCUT2D eigenvalue weighted by molar-refractivity contribution is -0.104. The Balaban J connectivity index is 2.10. The maximum atomic E-state index is 10.7. The monoisotopic (exact) mass is 180 g/mol. The van der Waals surface area contributed by atoms with Crippen LogP contribution in [-0.2, 0) is 4.79 Å². The van der Waals surface area contributed by atoms with Crippen LogP contribution in [0.4, 0.5) is 0 Å². The molecule has 1 fully saturated rings. The van der Waals surface area contributed by atoms with Crippen molar-refractivity contribution in [2.24, 2.45) is 0 Å². The Labute approximate surface area is 74.9 Å². The minimum atomic E-state index is -0.903. The van der Waals surface area contributed by atoms with Gasteiger partial charge in [0.1, 0.15) is 6.29 Å². The molecule has 2 heteroatoms. The Kier molecular flexibility index (Phi) is 2.18. The van der Waals surface area contributed by atoms with Crippen LogP contribution in [0.1, 0.15) is 19.3 Å². The van der Waals surface area contributed by atoms with Gasteiger partial charge in [0, 0.05) is 0 Å². The van der Waals surface area contributed by atoms with Gasteiger partial charge in [0.05, 0.1) is 8.07 Å². The van der Waals surface area contributed by atoms with Gasteiger partial charge in [-0.3, -0.25) is 4.79 Å². The van der Waals surface area contributed by atoms with Crippen LogP contribution in [0.5, 0.6) is 0 Å². The van der Waals surface area contributed by atoms with E-state index < -0.39 is 8.07 Å². The minimum absolute atomic E-state index is 0.903. The molecular formula is C10H16OSi. The predicted molar refractivity (Wildman–Crippen MR) is 53.0 cm³/mol. The first-order valence-electron chi connectivity index (χ1n) is 4.99. The lowest BCUT2D eigenvalue weighted by atomic mass is 10.2. The third-order valence-corrected chi connectivity index (χ3v) is 8.81. The van der Waals surface area contributed by atoms with Gasteiger partial charge in [0.25, 0.3) is 0 Å². The fraction of sp³-hybridized carbons (Fsp3) is 0.700. The second kappa shape index (κ2) is 3.17. The summed E-state index contributed by atoms with van der Waals surface area (Å²) in [5, 5.41) is 0. The van der Waals surface area contributed by atoms with Crippen molar-refractivity contribution in [1.82, 2.24) is 0 Å². The van der Waals surface area contributed by atoms with Crippen LogP contribution in [0.15, 0.2) is 11.6 Å². The molecule has 2 aliphatic rings. The van der Waals surface area contributed by atoms with Crippen molar-refractivity contribution < 1.29 is 4.79 Å². The summed E-state index contributed by atoms with van der Waals surface area (Å²) in [7, 11) is -0.903. The summed E-state index contributed by atoms with van der Waals surface area (Å²) in [5.74, 6) is 0. The fourth-order valence-electron chi connectivity index (χ4n) is 2.80. The van der Waals surface area contributed by atoms with Gasteiger partial charge in [-0.05, 0) is 18.0 Å². The highest BCUT2D eigenvalue weighted by Crippen LogP contribution is 2.41. The second-order valence-electron chi connectivity index (χ2n) is 4.32. The van der Waals surface area contributed by atoms with E-state index in [0.29, 0.717) is 0 Å². The average Bonchev–Trinajstić information content (AvgIpc) is 2.53. The molecule has 66 valence electrons. The molecule has 1 nitrogen and oxygen atoms in total. The number of carbonyl (C=O) groups excluding carboxylic acids is 1. The molecule has 2 rings (SSSR count). The number of hydrogen-bond donors (Lipinski definition) is 0. The molecule has 0 unspecified atom stereocenters. The maximum Gasteiger partial charge on any atom is 0.145 e. The highest BCUT2D eigenvalue weighted by molar-refractivity contribution is 6.81. The topological polar surface area (TPSA) is 17.1 Å². The average molecular weight is 180 g/mol. The Hall–Kier alpha value is -0.373. The zero-order valence-corrected chi connectivity index (χ0v) is 8.51.